The molecule has 60 valence electrons. The predicted octanol–water partition coefficient (Wildman–Crippen LogP) is -1.30. The van der Waals surface area contributed by atoms with Gasteiger partial charge in [0.1, 0.15) is 0 Å². The van der Waals surface area contributed by atoms with Crippen molar-refractivity contribution in [2.45, 2.75) is 6.61 Å². The molecule has 0 unspecified atom stereocenters. The van der Waals surface area contributed by atoms with Crippen molar-refractivity contribution in [1.29, 1.82) is 0 Å². The number of hydrogen-bond donors (Lipinski definition) is 0. The molecule has 2 aromatic rings. The van der Waals surface area contributed by atoms with Crippen LogP contribution in [0, 0.1) is 0 Å². The molecule has 2 aromatic carbocycles. The van der Waals surface area contributed by atoms with E-state index in [9.17, 15) is 5.11 Å². The molecule has 0 amide bonds. The second-order valence-electron chi connectivity index (χ2n) is 2.83. The van der Waals surface area contributed by atoms with Crippen LogP contribution in [-0.2, 0) is 6.61 Å². The number of benzene rings is 2. The molecule has 0 aromatic heterocycles. The van der Waals surface area contributed by atoms with E-state index in [4.69, 9.17) is 0 Å². The molecule has 2 rings (SSSR count). The minimum atomic E-state index is -0.134. The molecule has 0 aliphatic carbocycles. The third-order valence-electron chi connectivity index (χ3n) is 1.98. The molecule has 1 nitrogen and oxygen atoms in total. The molecule has 0 spiro atoms. The summed E-state index contributed by atoms with van der Waals surface area (Å²) in [6, 6.07) is 13.9. The summed E-state index contributed by atoms with van der Waals surface area (Å²) in [6.07, 6.45) is 0. The summed E-state index contributed by atoms with van der Waals surface area (Å²) < 4.78 is 0. The predicted molar refractivity (Wildman–Crippen MR) is 47.7 cm³/mol. The van der Waals surface area contributed by atoms with Gasteiger partial charge in [0.2, 0.25) is 0 Å². The van der Waals surface area contributed by atoms with Gasteiger partial charge in [-0.15, -0.1) is 6.61 Å². The van der Waals surface area contributed by atoms with Crippen LogP contribution < -0.4 is 34.7 Å². The van der Waals surface area contributed by atoms with Crippen molar-refractivity contribution >= 4 is 10.8 Å². The van der Waals surface area contributed by atoms with Gasteiger partial charge in [-0.25, -0.2) is 0 Å². The van der Waals surface area contributed by atoms with Crippen molar-refractivity contribution < 1.29 is 34.7 Å². The van der Waals surface area contributed by atoms with Crippen LogP contribution in [0.15, 0.2) is 42.5 Å². The van der Waals surface area contributed by atoms with Crippen LogP contribution in [0.25, 0.3) is 10.8 Å². The summed E-state index contributed by atoms with van der Waals surface area (Å²) in [6.45, 7) is -0.134. The number of rotatable bonds is 1. The Morgan fingerprint density at radius 2 is 1.62 bits per heavy atom. The summed E-state index contributed by atoms with van der Waals surface area (Å²) in [4.78, 5) is 0. The maximum atomic E-state index is 10.6. The van der Waals surface area contributed by atoms with Crippen molar-refractivity contribution in [3.8, 4) is 0 Å². The van der Waals surface area contributed by atoms with E-state index in [0.717, 1.165) is 10.9 Å². The largest absolute Gasteiger partial charge is 1.00 e. The van der Waals surface area contributed by atoms with Crippen LogP contribution in [0.2, 0.25) is 0 Å². The maximum Gasteiger partial charge on any atom is 1.00 e. The fourth-order valence-electron chi connectivity index (χ4n) is 1.33. The fourth-order valence-corrected chi connectivity index (χ4v) is 1.33. The first kappa shape index (κ1) is 10.7. The Kier molecular flexibility index (Phi) is 3.94. The van der Waals surface area contributed by atoms with Crippen molar-refractivity contribution in [2.75, 3.05) is 0 Å². The average molecular weight is 180 g/mol. The van der Waals surface area contributed by atoms with Crippen molar-refractivity contribution in [1.82, 2.24) is 0 Å². The van der Waals surface area contributed by atoms with Crippen LogP contribution in [0.1, 0.15) is 5.56 Å². The Labute approximate surface area is 99.7 Å². The van der Waals surface area contributed by atoms with Gasteiger partial charge in [-0.2, -0.15) is 0 Å². The van der Waals surface area contributed by atoms with Gasteiger partial charge in [0, 0.05) is 0 Å². The third-order valence-corrected chi connectivity index (χ3v) is 1.98. The normalized spacial score (nSPS) is 9.62. The van der Waals surface area contributed by atoms with Gasteiger partial charge in [-0.3, -0.25) is 0 Å². The van der Waals surface area contributed by atoms with E-state index in [2.05, 4.69) is 0 Å². The van der Waals surface area contributed by atoms with Gasteiger partial charge < -0.3 is 5.11 Å². The molecule has 0 aliphatic heterocycles. The monoisotopic (exact) mass is 180 g/mol. The van der Waals surface area contributed by atoms with Gasteiger partial charge in [0.15, 0.2) is 0 Å². The molecule has 0 atom stereocenters. The molecule has 0 saturated carbocycles. The number of fused-ring (bicyclic) bond motifs is 1. The van der Waals surface area contributed by atoms with Gasteiger partial charge in [0.05, 0.1) is 0 Å². The van der Waals surface area contributed by atoms with Gasteiger partial charge >= 0.3 is 29.6 Å². The molecule has 0 bridgehead atoms. The Bertz CT molecular complexity index is 398. The van der Waals surface area contributed by atoms with E-state index in [1.165, 1.54) is 5.39 Å². The molecule has 13 heavy (non-hydrogen) atoms. The van der Waals surface area contributed by atoms with Crippen LogP contribution in [0.4, 0.5) is 0 Å². The van der Waals surface area contributed by atoms with Crippen LogP contribution in [-0.4, -0.2) is 0 Å². The maximum absolute atomic E-state index is 10.6. The van der Waals surface area contributed by atoms with E-state index in [1.807, 2.05) is 42.5 Å². The smallest absolute Gasteiger partial charge is 0.851 e. The van der Waals surface area contributed by atoms with Crippen LogP contribution >= 0.6 is 0 Å². The second-order valence-corrected chi connectivity index (χ2v) is 2.83. The molecule has 0 fully saturated rings. The Hall–Kier alpha value is -0.340. The Morgan fingerprint density at radius 3 is 2.31 bits per heavy atom. The van der Waals surface area contributed by atoms with E-state index in [1.54, 1.807) is 0 Å². The standard InChI is InChI=1S/C11H9O.Na/c12-8-9-5-6-10-3-1-2-4-11(10)7-9;/h1-7H,8H2;/q-1;+1. The average Bonchev–Trinajstić information content (AvgIpc) is 2.17. The first-order valence-electron chi connectivity index (χ1n) is 3.96. The molecular formula is C11H9NaO. The zero-order valence-electron chi connectivity index (χ0n) is 7.66. The molecule has 0 radical (unpaired) electrons. The third kappa shape index (κ3) is 2.32. The van der Waals surface area contributed by atoms with Crippen molar-refractivity contribution in [3.05, 3.63) is 48.0 Å². The molecule has 0 heterocycles. The molecular weight excluding hydrogens is 171 g/mol. The van der Waals surface area contributed by atoms with Gasteiger partial charge in [-0.1, -0.05) is 48.0 Å². The van der Waals surface area contributed by atoms with Crippen LogP contribution in [0.5, 0.6) is 0 Å². The van der Waals surface area contributed by atoms with Gasteiger partial charge in [-0.05, 0) is 10.8 Å². The van der Waals surface area contributed by atoms with E-state index in [-0.39, 0.29) is 36.2 Å². The zero-order valence-corrected chi connectivity index (χ0v) is 9.66. The molecule has 2 heteroatoms. The van der Waals surface area contributed by atoms with Crippen molar-refractivity contribution in [3.63, 3.8) is 0 Å². The first-order valence-corrected chi connectivity index (χ1v) is 3.96. The summed E-state index contributed by atoms with van der Waals surface area (Å²) in [5.74, 6) is 0. The topological polar surface area (TPSA) is 23.1 Å². The van der Waals surface area contributed by atoms with E-state index in [0.29, 0.717) is 0 Å². The molecule has 0 N–H and O–H groups in total. The summed E-state index contributed by atoms with van der Waals surface area (Å²) in [7, 11) is 0. The van der Waals surface area contributed by atoms with E-state index >= 15 is 0 Å². The zero-order chi connectivity index (χ0) is 8.39. The first-order chi connectivity index (χ1) is 5.90. The SMILES string of the molecule is [Na+].[O-]Cc1ccc2ccccc2c1. The van der Waals surface area contributed by atoms with Crippen LogP contribution in [0.3, 0.4) is 0 Å². The number of hydrogen-bond acceptors (Lipinski definition) is 1. The summed E-state index contributed by atoms with van der Waals surface area (Å²) in [5, 5.41) is 12.9. The van der Waals surface area contributed by atoms with Gasteiger partial charge in [0.25, 0.3) is 0 Å². The Morgan fingerprint density at radius 1 is 0.923 bits per heavy atom. The quantitative estimate of drug-likeness (QED) is 0.500. The second kappa shape index (κ2) is 4.77. The fraction of sp³-hybridized carbons (Fsp3) is 0.0909. The van der Waals surface area contributed by atoms with E-state index < -0.39 is 0 Å². The molecule has 0 aliphatic rings. The van der Waals surface area contributed by atoms with Crippen molar-refractivity contribution in [2.24, 2.45) is 0 Å². The Balaban J connectivity index is 0.000000845. The molecule has 0 saturated heterocycles. The minimum Gasteiger partial charge on any atom is -0.851 e. The minimum absolute atomic E-state index is 0. The summed E-state index contributed by atoms with van der Waals surface area (Å²) >= 11 is 0. The summed E-state index contributed by atoms with van der Waals surface area (Å²) in [5.41, 5.74) is 0.855.